The van der Waals surface area contributed by atoms with Gasteiger partial charge in [0.1, 0.15) is 5.82 Å². The first-order valence-electron chi connectivity index (χ1n) is 7.64. The van der Waals surface area contributed by atoms with Gasteiger partial charge >= 0.3 is 0 Å². The summed E-state index contributed by atoms with van der Waals surface area (Å²) in [5.41, 5.74) is 1.49. The fraction of sp³-hybridized carbons (Fsp3) is 0.294. The summed E-state index contributed by atoms with van der Waals surface area (Å²) in [4.78, 5) is 0. The third-order valence-corrected chi connectivity index (χ3v) is 4.81. The third kappa shape index (κ3) is 2.72. The molecule has 1 atom stereocenters. The fourth-order valence-corrected chi connectivity index (χ4v) is 3.18. The van der Waals surface area contributed by atoms with Crippen LogP contribution in [0.4, 0.5) is 13.2 Å². The lowest BCUT2D eigenvalue weighted by atomic mass is 10.1. The molecule has 25 heavy (non-hydrogen) atoms. The van der Waals surface area contributed by atoms with Gasteiger partial charge < -0.3 is 4.74 Å². The van der Waals surface area contributed by atoms with Crippen LogP contribution in [0.3, 0.4) is 0 Å². The second-order valence-electron chi connectivity index (χ2n) is 6.07. The minimum absolute atomic E-state index is 0.126. The molecular formula is C17H13ClF3N3O. The van der Waals surface area contributed by atoms with E-state index in [2.05, 4.69) is 10.2 Å². The van der Waals surface area contributed by atoms with Crippen LogP contribution in [0.5, 0.6) is 5.75 Å². The van der Waals surface area contributed by atoms with Crippen LogP contribution in [0.15, 0.2) is 30.5 Å². The summed E-state index contributed by atoms with van der Waals surface area (Å²) < 4.78 is 46.7. The van der Waals surface area contributed by atoms with Crippen LogP contribution < -0.4 is 4.74 Å². The number of methoxy groups -OCH3 is 1. The first-order chi connectivity index (χ1) is 11.9. The molecule has 1 saturated carbocycles. The van der Waals surface area contributed by atoms with Crippen LogP contribution in [-0.4, -0.2) is 27.6 Å². The molecule has 1 unspecified atom stereocenters. The highest BCUT2D eigenvalue weighted by atomic mass is 35.5. The lowest BCUT2D eigenvalue weighted by molar-refractivity contribution is 0.0984. The molecule has 4 nitrogen and oxygen atoms in total. The van der Waals surface area contributed by atoms with Crippen molar-refractivity contribution in [3.8, 4) is 16.9 Å². The van der Waals surface area contributed by atoms with Gasteiger partial charge in [0.25, 0.3) is 5.92 Å². The maximum atomic E-state index is 13.9. The second-order valence-corrected chi connectivity index (χ2v) is 6.45. The van der Waals surface area contributed by atoms with Gasteiger partial charge in [-0.2, -0.15) is 0 Å². The Bertz CT molecular complexity index is 973. The van der Waals surface area contributed by atoms with Crippen LogP contribution in [-0.2, 0) is 6.42 Å². The topological polar surface area (TPSA) is 39.4 Å². The average molecular weight is 368 g/mol. The number of ether oxygens (including phenoxy) is 1. The summed E-state index contributed by atoms with van der Waals surface area (Å²) in [5.74, 6) is -3.25. The Hall–Kier alpha value is -2.28. The molecule has 0 radical (unpaired) electrons. The van der Waals surface area contributed by atoms with E-state index in [9.17, 15) is 13.2 Å². The van der Waals surface area contributed by atoms with Crippen molar-refractivity contribution in [1.82, 2.24) is 14.6 Å². The Morgan fingerprint density at radius 2 is 2.08 bits per heavy atom. The van der Waals surface area contributed by atoms with E-state index in [1.807, 2.05) is 0 Å². The van der Waals surface area contributed by atoms with Crippen molar-refractivity contribution in [2.75, 3.05) is 7.11 Å². The molecule has 0 N–H and O–H groups in total. The predicted molar refractivity (Wildman–Crippen MR) is 86.7 cm³/mol. The van der Waals surface area contributed by atoms with E-state index < -0.39 is 17.7 Å². The molecule has 2 heterocycles. The summed E-state index contributed by atoms with van der Waals surface area (Å²) in [6, 6.07) is 6.20. The molecular weight excluding hydrogens is 355 g/mol. The molecule has 1 aromatic carbocycles. The normalized spacial score (nSPS) is 18.5. The Morgan fingerprint density at radius 3 is 2.72 bits per heavy atom. The highest BCUT2D eigenvalue weighted by Crippen LogP contribution is 2.50. The molecule has 0 amide bonds. The number of benzene rings is 1. The zero-order valence-electron chi connectivity index (χ0n) is 13.1. The summed E-state index contributed by atoms with van der Waals surface area (Å²) >= 11 is 6.40. The number of pyridine rings is 1. The highest BCUT2D eigenvalue weighted by Gasteiger charge is 2.56. The maximum Gasteiger partial charge on any atom is 0.252 e. The Balaban J connectivity index is 1.72. The Labute approximate surface area is 146 Å². The molecule has 3 aromatic rings. The first kappa shape index (κ1) is 16.2. The SMILES string of the molecule is COc1ccc(-c2ccn3c(CC4CC4(F)F)nnc3c2Cl)cc1F. The van der Waals surface area contributed by atoms with E-state index in [0.717, 1.165) is 0 Å². The van der Waals surface area contributed by atoms with E-state index in [-0.39, 0.29) is 23.6 Å². The lowest BCUT2D eigenvalue weighted by Gasteiger charge is -2.08. The number of hydrogen-bond donors (Lipinski definition) is 0. The van der Waals surface area contributed by atoms with Gasteiger partial charge in [0.15, 0.2) is 17.2 Å². The van der Waals surface area contributed by atoms with Crippen LogP contribution >= 0.6 is 11.6 Å². The van der Waals surface area contributed by atoms with Crippen molar-refractivity contribution in [2.45, 2.75) is 18.8 Å². The number of halogens is 4. The second kappa shape index (κ2) is 5.62. The number of fused-ring (bicyclic) bond motifs is 1. The first-order valence-corrected chi connectivity index (χ1v) is 8.02. The minimum atomic E-state index is -2.61. The van der Waals surface area contributed by atoms with Crippen molar-refractivity contribution in [3.63, 3.8) is 0 Å². The molecule has 8 heteroatoms. The lowest BCUT2D eigenvalue weighted by Crippen LogP contribution is -2.02. The van der Waals surface area contributed by atoms with Crippen molar-refractivity contribution >= 4 is 17.2 Å². The largest absolute Gasteiger partial charge is 0.494 e. The molecule has 1 fully saturated rings. The molecule has 130 valence electrons. The van der Waals surface area contributed by atoms with E-state index in [4.69, 9.17) is 16.3 Å². The molecule has 1 aliphatic rings. The molecule has 0 bridgehead atoms. The van der Waals surface area contributed by atoms with Gasteiger partial charge in [-0.25, -0.2) is 13.2 Å². The number of nitrogens with zero attached hydrogens (tertiary/aromatic N) is 3. The fourth-order valence-electron chi connectivity index (χ4n) is 2.88. The third-order valence-electron chi connectivity index (χ3n) is 4.44. The number of hydrogen-bond acceptors (Lipinski definition) is 3. The van der Waals surface area contributed by atoms with Crippen LogP contribution in [0, 0.1) is 11.7 Å². The number of rotatable bonds is 4. The molecule has 4 rings (SSSR count). The van der Waals surface area contributed by atoms with Crippen molar-refractivity contribution < 1.29 is 17.9 Å². The van der Waals surface area contributed by atoms with Crippen LogP contribution in [0.1, 0.15) is 12.2 Å². The van der Waals surface area contributed by atoms with Crippen molar-refractivity contribution in [1.29, 1.82) is 0 Å². The molecule has 0 saturated heterocycles. The van der Waals surface area contributed by atoms with Gasteiger partial charge in [0.2, 0.25) is 0 Å². The molecule has 0 aliphatic heterocycles. The molecule has 2 aromatic heterocycles. The monoisotopic (exact) mass is 367 g/mol. The van der Waals surface area contributed by atoms with Gasteiger partial charge in [0, 0.05) is 30.5 Å². The van der Waals surface area contributed by atoms with Gasteiger partial charge in [-0.15, -0.1) is 10.2 Å². The van der Waals surface area contributed by atoms with Gasteiger partial charge in [-0.3, -0.25) is 4.40 Å². The van der Waals surface area contributed by atoms with Crippen molar-refractivity contribution in [2.24, 2.45) is 5.92 Å². The van der Waals surface area contributed by atoms with Gasteiger partial charge in [-0.1, -0.05) is 17.7 Å². The average Bonchev–Trinajstić information content (AvgIpc) is 2.98. The van der Waals surface area contributed by atoms with E-state index in [0.29, 0.717) is 22.6 Å². The summed E-state index contributed by atoms with van der Waals surface area (Å²) in [6.45, 7) is 0. The zero-order chi connectivity index (χ0) is 17.8. The Morgan fingerprint density at radius 1 is 1.32 bits per heavy atom. The summed E-state index contributed by atoms with van der Waals surface area (Å²) in [7, 11) is 1.39. The van der Waals surface area contributed by atoms with Crippen molar-refractivity contribution in [3.05, 3.63) is 47.1 Å². The summed E-state index contributed by atoms with van der Waals surface area (Å²) in [6.07, 6.45) is 1.68. The number of aromatic nitrogens is 3. The minimum Gasteiger partial charge on any atom is -0.494 e. The van der Waals surface area contributed by atoms with Gasteiger partial charge in [0.05, 0.1) is 12.1 Å². The quantitative estimate of drug-likeness (QED) is 0.686. The van der Waals surface area contributed by atoms with E-state index in [1.54, 1.807) is 22.7 Å². The molecule has 1 aliphatic carbocycles. The van der Waals surface area contributed by atoms with E-state index >= 15 is 0 Å². The highest BCUT2D eigenvalue weighted by molar-refractivity contribution is 6.36. The molecule has 0 spiro atoms. The van der Waals surface area contributed by atoms with E-state index in [1.165, 1.54) is 19.2 Å². The van der Waals surface area contributed by atoms with Crippen LogP contribution in [0.2, 0.25) is 5.02 Å². The predicted octanol–water partition coefficient (Wildman–Crippen LogP) is 4.40. The standard InChI is InChI=1S/C17H13ClF3N3O/c1-25-13-3-2-9(6-12(13)19)11-4-5-24-14(7-10-8-17(10,20)21)22-23-16(24)15(11)18/h2-6,10H,7-8H2,1H3. The number of alkyl halides is 2. The smallest absolute Gasteiger partial charge is 0.252 e. The maximum absolute atomic E-state index is 13.9. The Kier molecular flexibility index (Phi) is 3.64. The zero-order valence-corrected chi connectivity index (χ0v) is 13.9. The summed E-state index contributed by atoms with van der Waals surface area (Å²) in [5, 5.41) is 8.27. The van der Waals surface area contributed by atoms with Crippen LogP contribution in [0.25, 0.3) is 16.8 Å². The van der Waals surface area contributed by atoms with Gasteiger partial charge in [-0.05, 0) is 23.8 Å².